The number of ether oxygens (including phenoxy) is 1. The number of guanidine groups is 1. The third-order valence-electron chi connectivity index (χ3n) is 4.03. The highest BCUT2D eigenvalue weighted by atomic mass is 16.5. The van der Waals surface area contributed by atoms with Crippen molar-refractivity contribution < 1.29 is 4.74 Å². The van der Waals surface area contributed by atoms with E-state index in [9.17, 15) is 0 Å². The maximum absolute atomic E-state index is 5.76. The molecule has 1 aromatic carbocycles. The van der Waals surface area contributed by atoms with Gasteiger partial charge < -0.3 is 16.2 Å². The fourth-order valence-corrected chi connectivity index (χ4v) is 2.59. The summed E-state index contributed by atoms with van der Waals surface area (Å²) in [6.07, 6.45) is 15.0. The molecule has 0 saturated heterocycles. The summed E-state index contributed by atoms with van der Waals surface area (Å²) in [5.41, 5.74) is 11.3. The molecule has 25 heavy (non-hydrogen) atoms. The summed E-state index contributed by atoms with van der Waals surface area (Å²) in [6.45, 7) is 3.04. The molecule has 0 aromatic heterocycles. The number of unbranched alkanes of at least 4 members (excludes halogenated alkanes) is 9. The molecule has 0 unspecified atom stereocenters. The molecule has 0 bridgehead atoms. The molecule has 0 fully saturated rings. The summed E-state index contributed by atoms with van der Waals surface area (Å²) in [7, 11) is 0. The minimum absolute atomic E-state index is 0.0484. The van der Waals surface area contributed by atoms with E-state index in [1.165, 1.54) is 57.8 Å². The Hall–Kier alpha value is -2.04. The highest BCUT2D eigenvalue weighted by Crippen LogP contribution is 2.13. The van der Waals surface area contributed by atoms with Gasteiger partial charge in [-0.2, -0.15) is 5.10 Å². The van der Waals surface area contributed by atoms with Crippen LogP contribution in [0.3, 0.4) is 0 Å². The van der Waals surface area contributed by atoms with Crippen LogP contribution in [0, 0.1) is 0 Å². The van der Waals surface area contributed by atoms with E-state index in [1.807, 2.05) is 24.3 Å². The van der Waals surface area contributed by atoms with Crippen molar-refractivity contribution in [3.8, 4) is 5.75 Å². The van der Waals surface area contributed by atoms with Crippen LogP contribution in [-0.4, -0.2) is 18.8 Å². The number of hydrogen-bond donors (Lipinski definition) is 2. The number of nitrogens with two attached hydrogens (primary N) is 2. The van der Waals surface area contributed by atoms with Crippen molar-refractivity contribution in [2.45, 2.75) is 71.1 Å². The molecule has 5 nitrogen and oxygen atoms in total. The Morgan fingerprint density at radius 1 is 0.880 bits per heavy atom. The summed E-state index contributed by atoms with van der Waals surface area (Å²) in [5.74, 6) is 0.836. The Labute approximate surface area is 152 Å². The van der Waals surface area contributed by atoms with E-state index < -0.39 is 0 Å². The standard InChI is InChI=1S/C20H34N4O/c1-2-3-4-5-6-7-8-9-10-11-16-25-19-14-12-18(13-15-19)17-23-24-20(21)22/h12-15,17H,2-11,16H2,1H3,(H4,21,22,24). The van der Waals surface area contributed by atoms with E-state index in [1.54, 1.807) is 6.21 Å². The first-order chi connectivity index (χ1) is 12.2. The minimum atomic E-state index is -0.0484. The van der Waals surface area contributed by atoms with Crippen molar-refractivity contribution >= 4 is 12.2 Å². The zero-order chi connectivity index (χ0) is 18.2. The molecule has 0 amide bonds. The first-order valence-corrected chi connectivity index (χ1v) is 9.57. The van der Waals surface area contributed by atoms with Gasteiger partial charge in [-0.15, -0.1) is 5.10 Å². The second kappa shape index (κ2) is 14.3. The van der Waals surface area contributed by atoms with Crippen LogP contribution in [-0.2, 0) is 0 Å². The monoisotopic (exact) mass is 346 g/mol. The summed E-state index contributed by atoms with van der Waals surface area (Å²) < 4.78 is 5.76. The van der Waals surface area contributed by atoms with Gasteiger partial charge in [0.25, 0.3) is 0 Å². The van der Waals surface area contributed by atoms with Crippen molar-refractivity contribution in [2.75, 3.05) is 6.61 Å². The summed E-state index contributed by atoms with van der Waals surface area (Å²) in [5, 5.41) is 7.34. The fourth-order valence-electron chi connectivity index (χ4n) is 2.59. The molecule has 0 saturated carbocycles. The van der Waals surface area contributed by atoms with Crippen LogP contribution in [0.1, 0.15) is 76.7 Å². The summed E-state index contributed by atoms with van der Waals surface area (Å²) in [6, 6.07) is 7.74. The lowest BCUT2D eigenvalue weighted by atomic mass is 10.1. The molecule has 0 radical (unpaired) electrons. The van der Waals surface area contributed by atoms with E-state index in [0.29, 0.717) is 0 Å². The molecule has 0 atom stereocenters. The van der Waals surface area contributed by atoms with Gasteiger partial charge in [-0.3, -0.25) is 0 Å². The summed E-state index contributed by atoms with van der Waals surface area (Å²) in [4.78, 5) is 0. The van der Waals surface area contributed by atoms with Crippen LogP contribution >= 0.6 is 0 Å². The number of rotatable bonds is 14. The predicted octanol–water partition coefficient (Wildman–Crippen LogP) is 4.59. The smallest absolute Gasteiger partial charge is 0.211 e. The fraction of sp³-hybridized carbons (Fsp3) is 0.600. The van der Waals surface area contributed by atoms with Crippen LogP contribution < -0.4 is 16.2 Å². The second-order valence-electron chi connectivity index (χ2n) is 6.37. The highest BCUT2D eigenvalue weighted by molar-refractivity contribution is 5.81. The van der Waals surface area contributed by atoms with Gasteiger partial charge in [0.2, 0.25) is 5.96 Å². The number of nitrogens with zero attached hydrogens (tertiary/aromatic N) is 2. The molecule has 140 valence electrons. The lowest BCUT2D eigenvalue weighted by Gasteiger charge is -2.06. The van der Waals surface area contributed by atoms with Crippen LogP contribution in [0.5, 0.6) is 5.75 Å². The van der Waals surface area contributed by atoms with E-state index in [-0.39, 0.29) is 5.96 Å². The number of benzene rings is 1. The normalized spacial score (nSPS) is 10.9. The maximum Gasteiger partial charge on any atom is 0.211 e. The van der Waals surface area contributed by atoms with Crippen molar-refractivity contribution in [1.29, 1.82) is 0 Å². The largest absolute Gasteiger partial charge is 0.494 e. The molecule has 4 N–H and O–H groups in total. The van der Waals surface area contributed by atoms with Gasteiger partial charge in [0.05, 0.1) is 12.8 Å². The van der Waals surface area contributed by atoms with Crippen molar-refractivity contribution in [1.82, 2.24) is 0 Å². The topological polar surface area (TPSA) is 86.0 Å². The molecule has 0 aliphatic rings. The van der Waals surface area contributed by atoms with Crippen LogP contribution in [0.4, 0.5) is 0 Å². The minimum Gasteiger partial charge on any atom is -0.494 e. The average molecular weight is 347 g/mol. The SMILES string of the molecule is CCCCCCCCCCCCOc1ccc(C=NN=C(N)N)cc1. The lowest BCUT2D eigenvalue weighted by Crippen LogP contribution is -2.21. The first-order valence-electron chi connectivity index (χ1n) is 9.57. The Morgan fingerprint density at radius 3 is 2.00 bits per heavy atom. The van der Waals surface area contributed by atoms with Crippen LogP contribution in [0.2, 0.25) is 0 Å². The molecule has 1 rings (SSSR count). The molecule has 0 aliphatic heterocycles. The second-order valence-corrected chi connectivity index (χ2v) is 6.37. The molecule has 0 heterocycles. The van der Waals surface area contributed by atoms with E-state index >= 15 is 0 Å². The molecular formula is C20H34N4O. The zero-order valence-electron chi connectivity index (χ0n) is 15.6. The van der Waals surface area contributed by atoms with E-state index in [2.05, 4.69) is 17.1 Å². The highest BCUT2D eigenvalue weighted by Gasteiger charge is 1.96. The van der Waals surface area contributed by atoms with Gasteiger partial charge in [-0.1, -0.05) is 64.7 Å². The molecule has 0 aliphatic carbocycles. The Kier molecular flexibility index (Phi) is 12.0. The summed E-state index contributed by atoms with van der Waals surface area (Å²) >= 11 is 0. The van der Waals surface area contributed by atoms with Gasteiger partial charge in [-0.05, 0) is 36.2 Å². The van der Waals surface area contributed by atoms with Crippen molar-refractivity contribution in [3.05, 3.63) is 29.8 Å². The Bertz CT molecular complexity index is 493. The third-order valence-corrected chi connectivity index (χ3v) is 4.03. The Balaban J connectivity index is 2.03. The van der Waals surface area contributed by atoms with Crippen LogP contribution in [0.15, 0.2) is 34.5 Å². The van der Waals surface area contributed by atoms with Gasteiger partial charge in [0, 0.05) is 0 Å². The first kappa shape index (κ1) is 21.0. The zero-order valence-corrected chi connectivity index (χ0v) is 15.6. The van der Waals surface area contributed by atoms with E-state index in [0.717, 1.165) is 24.3 Å². The molecule has 0 spiro atoms. The molecular weight excluding hydrogens is 312 g/mol. The third kappa shape index (κ3) is 12.0. The van der Waals surface area contributed by atoms with Crippen molar-refractivity contribution in [2.24, 2.45) is 21.7 Å². The van der Waals surface area contributed by atoms with Crippen molar-refractivity contribution in [3.63, 3.8) is 0 Å². The quantitative estimate of drug-likeness (QED) is 0.223. The molecule has 5 heteroatoms. The van der Waals surface area contributed by atoms with E-state index in [4.69, 9.17) is 16.2 Å². The van der Waals surface area contributed by atoms with Gasteiger partial charge in [-0.25, -0.2) is 0 Å². The van der Waals surface area contributed by atoms with Gasteiger partial charge in [0.1, 0.15) is 5.75 Å². The predicted molar refractivity (Wildman–Crippen MR) is 107 cm³/mol. The Morgan fingerprint density at radius 2 is 1.44 bits per heavy atom. The molecule has 1 aromatic rings. The average Bonchev–Trinajstić information content (AvgIpc) is 2.60. The van der Waals surface area contributed by atoms with Gasteiger partial charge in [0.15, 0.2) is 0 Å². The number of hydrogen-bond acceptors (Lipinski definition) is 3. The maximum atomic E-state index is 5.76. The van der Waals surface area contributed by atoms with Crippen LogP contribution in [0.25, 0.3) is 0 Å². The lowest BCUT2D eigenvalue weighted by molar-refractivity contribution is 0.304. The van der Waals surface area contributed by atoms with Gasteiger partial charge >= 0.3 is 0 Å².